The van der Waals surface area contributed by atoms with Crippen LogP contribution in [0.4, 0.5) is 0 Å². The van der Waals surface area contributed by atoms with Gasteiger partial charge in [0.25, 0.3) is 0 Å². The Bertz CT molecular complexity index is 718. The lowest BCUT2D eigenvalue weighted by Gasteiger charge is -2.42. The van der Waals surface area contributed by atoms with E-state index in [1.54, 1.807) is 13.8 Å². The van der Waals surface area contributed by atoms with Gasteiger partial charge in [0.2, 0.25) is 0 Å². The molecule has 0 saturated heterocycles. The van der Waals surface area contributed by atoms with Gasteiger partial charge in [0.15, 0.2) is 0 Å². The smallest absolute Gasteiger partial charge is 0.310 e. The molecule has 0 aromatic heterocycles. The predicted molar refractivity (Wildman–Crippen MR) is 108 cm³/mol. The van der Waals surface area contributed by atoms with Crippen LogP contribution in [-0.2, 0) is 24.0 Å². The zero-order valence-corrected chi connectivity index (χ0v) is 18.2. The molecule has 0 spiro atoms. The minimum absolute atomic E-state index is 0.0615. The van der Waals surface area contributed by atoms with E-state index in [0.717, 1.165) is 0 Å². The maximum Gasteiger partial charge on any atom is 0.310 e. The number of carboxylic acids is 5. The molecule has 0 aromatic carbocycles. The van der Waals surface area contributed by atoms with E-state index in [0.29, 0.717) is 5.57 Å². The van der Waals surface area contributed by atoms with Crippen molar-refractivity contribution in [2.24, 2.45) is 29.1 Å². The molecular formula is C21H32O10. The van der Waals surface area contributed by atoms with E-state index in [-0.39, 0.29) is 19.3 Å². The van der Waals surface area contributed by atoms with Crippen LogP contribution in [0.5, 0.6) is 0 Å². The quantitative estimate of drug-likeness (QED) is 0.235. The maximum absolute atomic E-state index is 12.2. The van der Waals surface area contributed by atoms with E-state index in [9.17, 15) is 39.3 Å². The summed E-state index contributed by atoms with van der Waals surface area (Å²) in [5, 5.41) is 47.3. The fourth-order valence-corrected chi connectivity index (χ4v) is 4.02. The third-order valence-corrected chi connectivity index (χ3v) is 5.42. The summed E-state index contributed by atoms with van der Waals surface area (Å²) in [6, 6.07) is 0. The van der Waals surface area contributed by atoms with Crippen LogP contribution in [0, 0.1) is 29.1 Å². The highest BCUT2D eigenvalue weighted by atomic mass is 16.4. The lowest BCUT2D eigenvalue weighted by molar-refractivity contribution is -0.156. The Balaban J connectivity index is 6.45. The minimum Gasteiger partial charge on any atom is -0.481 e. The average Bonchev–Trinajstić information content (AvgIpc) is 2.59. The summed E-state index contributed by atoms with van der Waals surface area (Å²) in [4.78, 5) is 58.0. The van der Waals surface area contributed by atoms with Crippen LogP contribution in [0.2, 0.25) is 0 Å². The zero-order valence-electron chi connectivity index (χ0n) is 18.2. The van der Waals surface area contributed by atoms with E-state index in [1.165, 1.54) is 19.9 Å². The van der Waals surface area contributed by atoms with Crippen molar-refractivity contribution < 1.29 is 49.5 Å². The molecule has 10 heteroatoms. The maximum atomic E-state index is 12.2. The van der Waals surface area contributed by atoms with Crippen molar-refractivity contribution >= 4 is 29.8 Å². The van der Waals surface area contributed by atoms with Gasteiger partial charge < -0.3 is 25.5 Å². The first-order valence-electron chi connectivity index (χ1n) is 9.87. The van der Waals surface area contributed by atoms with Crippen molar-refractivity contribution in [3.63, 3.8) is 0 Å². The summed E-state index contributed by atoms with van der Waals surface area (Å²) < 4.78 is 0. The summed E-state index contributed by atoms with van der Waals surface area (Å²) in [6.45, 7) is 6.35. The van der Waals surface area contributed by atoms with Gasteiger partial charge in [-0.3, -0.25) is 24.0 Å². The fraction of sp³-hybridized carbons (Fsp3) is 0.667. The highest BCUT2D eigenvalue weighted by Crippen LogP contribution is 2.46. The molecule has 0 saturated carbocycles. The molecule has 176 valence electrons. The van der Waals surface area contributed by atoms with Gasteiger partial charge in [-0.1, -0.05) is 25.5 Å². The average molecular weight is 444 g/mol. The largest absolute Gasteiger partial charge is 0.481 e. The van der Waals surface area contributed by atoms with E-state index in [1.807, 2.05) is 0 Å². The number of hydrogen-bond acceptors (Lipinski definition) is 5. The van der Waals surface area contributed by atoms with E-state index in [4.69, 9.17) is 10.2 Å². The molecule has 0 aliphatic heterocycles. The van der Waals surface area contributed by atoms with Gasteiger partial charge >= 0.3 is 29.8 Å². The molecule has 0 rings (SSSR count). The van der Waals surface area contributed by atoms with Crippen molar-refractivity contribution in [1.29, 1.82) is 0 Å². The zero-order chi connectivity index (χ0) is 24.5. The third kappa shape index (κ3) is 9.63. The number of allylic oxidation sites excluding steroid dienone is 1. The fourth-order valence-electron chi connectivity index (χ4n) is 4.02. The van der Waals surface area contributed by atoms with Crippen LogP contribution in [-0.4, -0.2) is 55.4 Å². The van der Waals surface area contributed by atoms with Crippen LogP contribution < -0.4 is 0 Å². The number of rotatable bonds is 15. The second kappa shape index (κ2) is 12.1. The Kier molecular flexibility index (Phi) is 10.9. The second-order valence-electron chi connectivity index (χ2n) is 8.65. The van der Waals surface area contributed by atoms with Crippen molar-refractivity contribution in [3.8, 4) is 0 Å². The van der Waals surface area contributed by atoms with Crippen LogP contribution >= 0.6 is 0 Å². The monoisotopic (exact) mass is 444 g/mol. The SMILES string of the molecule is CC(C)=CC(CC(C(=O)O)C(C(CCC(=O)O)C(=O)O)C(C)(C)CCC(=O)O)C(=O)O. The first kappa shape index (κ1) is 28.1. The molecule has 0 aliphatic carbocycles. The van der Waals surface area contributed by atoms with Crippen LogP contribution in [0.15, 0.2) is 11.6 Å². The van der Waals surface area contributed by atoms with E-state index < -0.39 is 71.8 Å². The molecule has 0 aromatic rings. The van der Waals surface area contributed by atoms with Gasteiger partial charge in [-0.2, -0.15) is 0 Å². The Morgan fingerprint density at radius 3 is 1.61 bits per heavy atom. The summed E-state index contributed by atoms with van der Waals surface area (Å²) in [5.41, 5.74) is -0.504. The van der Waals surface area contributed by atoms with E-state index in [2.05, 4.69) is 0 Å². The van der Waals surface area contributed by atoms with Gasteiger partial charge in [-0.25, -0.2) is 0 Å². The standard InChI is InChI=1S/C21H32O10/c1-11(2)9-12(18(26)27)10-14(20(30)31)17(21(3,4)8-7-16(24)25)13(19(28)29)5-6-15(22)23/h9,12-14,17H,5-8,10H2,1-4H3,(H,22,23)(H,24,25)(H,26,27)(H,28,29)(H,30,31). The van der Waals surface area contributed by atoms with Gasteiger partial charge in [-0.15, -0.1) is 0 Å². The van der Waals surface area contributed by atoms with Crippen molar-refractivity contribution in [2.75, 3.05) is 0 Å². The number of carboxylic acid groups (broad SMARTS) is 5. The Morgan fingerprint density at radius 2 is 1.26 bits per heavy atom. The van der Waals surface area contributed by atoms with Gasteiger partial charge in [0.1, 0.15) is 0 Å². The number of hydrogen-bond donors (Lipinski definition) is 5. The Hall–Kier alpha value is -2.91. The van der Waals surface area contributed by atoms with Gasteiger partial charge in [0.05, 0.1) is 17.8 Å². The molecule has 0 amide bonds. The normalized spacial score (nSPS) is 15.2. The molecule has 31 heavy (non-hydrogen) atoms. The molecule has 0 fully saturated rings. The third-order valence-electron chi connectivity index (χ3n) is 5.42. The van der Waals surface area contributed by atoms with Crippen molar-refractivity contribution in [3.05, 3.63) is 11.6 Å². The molecule has 4 atom stereocenters. The topological polar surface area (TPSA) is 186 Å². The second-order valence-corrected chi connectivity index (χ2v) is 8.65. The lowest BCUT2D eigenvalue weighted by atomic mass is 9.61. The summed E-state index contributed by atoms with van der Waals surface area (Å²) in [5.74, 6) is -11.8. The van der Waals surface area contributed by atoms with E-state index >= 15 is 0 Å². The van der Waals surface area contributed by atoms with Crippen LogP contribution in [0.1, 0.15) is 59.8 Å². The molecule has 4 unspecified atom stereocenters. The Labute approximate surface area is 180 Å². The molecule has 0 radical (unpaired) electrons. The van der Waals surface area contributed by atoms with Crippen molar-refractivity contribution in [1.82, 2.24) is 0 Å². The first-order chi connectivity index (χ1) is 14.1. The number of aliphatic carboxylic acids is 5. The molecule has 0 bridgehead atoms. The highest BCUT2D eigenvalue weighted by molar-refractivity contribution is 5.77. The summed E-state index contributed by atoms with van der Waals surface area (Å²) >= 11 is 0. The lowest BCUT2D eigenvalue weighted by Crippen LogP contribution is -2.44. The Morgan fingerprint density at radius 1 is 0.774 bits per heavy atom. The van der Waals surface area contributed by atoms with Crippen molar-refractivity contribution in [2.45, 2.75) is 59.8 Å². The minimum atomic E-state index is -1.45. The molecule has 5 N–H and O–H groups in total. The van der Waals surface area contributed by atoms with Crippen LogP contribution in [0.25, 0.3) is 0 Å². The molecular weight excluding hydrogens is 412 g/mol. The number of carbonyl (C=O) groups is 5. The molecule has 10 nitrogen and oxygen atoms in total. The summed E-state index contributed by atoms with van der Waals surface area (Å²) in [6.07, 6.45) is -0.326. The first-order valence-corrected chi connectivity index (χ1v) is 9.87. The predicted octanol–water partition coefficient (Wildman–Crippen LogP) is 2.82. The van der Waals surface area contributed by atoms with Crippen LogP contribution in [0.3, 0.4) is 0 Å². The van der Waals surface area contributed by atoms with Gasteiger partial charge in [0, 0.05) is 12.8 Å². The molecule has 0 heterocycles. The van der Waals surface area contributed by atoms with Gasteiger partial charge in [-0.05, 0) is 44.4 Å². The summed E-state index contributed by atoms with van der Waals surface area (Å²) in [7, 11) is 0. The highest BCUT2D eigenvalue weighted by Gasteiger charge is 2.47. The molecule has 0 aliphatic rings.